The van der Waals surface area contributed by atoms with Crippen molar-refractivity contribution in [3.05, 3.63) is 0 Å². The molecule has 0 aromatic heterocycles. The van der Waals surface area contributed by atoms with Gasteiger partial charge in [-0.05, 0) is 50.4 Å². The molecule has 120 valence electrons. The van der Waals surface area contributed by atoms with E-state index < -0.39 is 11.5 Å². The van der Waals surface area contributed by atoms with Gasteiger partial charge < -0.3 is 10.4 Å². The Morgan fingerprint density at radius 3 is 2.19 bits per heavy atom. The highest BCUT2D eigenvalue weighted by atomic mass is 16.4. The third-order valence-corrected chi connectivity index (χ3v) is 5.52. The summed E-state index contributed by atoms with van der Waals surface area (Å²) in [5.74, 6) is 0.822. The summed E-state index contributed by atoms with van der Waals surface area (Å²) in [5, 5.41) is 12.2. The molecule has 2 saturated carbocycles. The first kappa shape index (κ1) is 16.3. The molecule has 0 unspecified atom stereocenters. The zero-order valence-corrected chi connectivity index (χ0v) is 13.4. The molecule has 0 atom stereocenters. The molecule has 2 N–H and O–H groups in total. The largest absolute Gasteiger partial charge is 0.481 e. The Morgan fingerprint density at radius 2 is 1.71 bits per heavy atom. The van der Waals surface area contributed by atoms with Crippen molar-refractivity contribution in [3.8, 4) is 0 Å². The molecule has 4 nitrogen and oxygen atoms in total. The molecule has 0 aromatic rings. The Hall–Kier alpha value is -1.06. The lowest BCUT2D eigenvalue weighted by molar-refractivity contribution is -0.139. The van der Waals surface area contributed by atoms with Crippen LogP contribution in [-0.2, 0) is 9.59 Å². The van der Waals surface area contributed by atoms with E-state index in [0.717, 1.165) is 57.3 Å². The number of carbonyl (C=O) groups excluding carboxylic acids is 1. The minimum atomic E-state index is -0.805. The number of rotatable bonds is 5. The van der Waals surface area contributed by atoms with E-state index in [1.54, 1.807) is 0 Å². The molecule has 0 spiro atoms. The summed E-state index contributed by atoms with van der Waals surface area (Å²) in [5.41, 5.74) is -0.474. The first-order valence-electron chi connectivity index (χ1n) is 8.46. The predicted molar refractivity (Wildman–Crippen MR) is 81.9 cm³/mol. The van der Waals surface area contributed by atoms with Crippen LogP contribution in [0.15, 0.2) is 0 Å². The first-order chi connectivity index (χ1) is 9.92. The van der Waals surface area contributed by atoms with Crippen LogP contribution in [0.2, 0.25) is 0 Å². The lowest BCUT2D eigenvalue weighted by atomic mass is 9.76. The van der Waals surface area contributed by atoms with Gasteiger partial charge in [-0.2, -0.15) is 0 Å². The van der Waals surface area contributed by atoms with Crippen LogP contribution in [0.5, 0.6) is 0 Å². The van der Waals surface area contributed by atoms with Gasteiger partial charge in [-0.1, -0.05) is 26.7 Å². The van der Waals surface area contributed by atoms with Crippen molar-refractivity contribution in [3.63, 3.8) is 0 Å². The Morgan fingerprint density at radius 1 is 1.14 bits per heavy atom. The molecule has 2 fully saturated rings. The molecule has 0 bridgehead atoms. The molecule has 0 radical (unpaired) electrons. The van der Waals surface area contributed by atoms with Gasteiger partial charge in [0.1, 0.15) is 0 Å². The monoisotopic (exact) mass is 295 g/mol. The number of hydrogen-bond acceptors (Lipinski definition) is 2. The van der Waals surface area contributed by atoms with E-state index in [4.69, 9.17) is 5.11 Å². The lowest BCUT2D eigenvalue weighted by Crippen LogP contribution is -2.50. The topological polar surface area (TPSA) is 66.4 Å². The molecule has 21 heavy (non-hydrogen) atoms. The van der Waals surface area contributed by atoms with Gasteiger partial charge in [0, 0.05) is 5.92 Å². The second-order valence-corrected chi connectivity index (χ2v) is 7.40. The van der Waals surface area contributed by atoms with Crippen LogP contribution >= 0.6 is 0 Å². The maximum Gasteiger partial charge on any atom is 0.305 e. The van der Waals surface area contributed by atoms with E-state index in [1.807, 2.05) is 0 Å². The normalized spacial score (nSPS) is 28.5. The van der Waals surface area contributed by atoms with E-state index in [-0.39, 0.29) is 18.2 Å². The molecule has 4 heteroatoms. The quantitative estimate of drug-likeness (QED) is 0.817. The molecule has 0 saturated heterocycles. The van der Waals surface area contributed by atoms with Crippen LogP contribution in [0.3, 0.4) is 0 Å². The molecule has 0 aliphatic heterocycles. The van der Waals surface area contributed by atoms with Crippen LogP contribution in [0, 0.1) is 17.8 Å². The SMILES string of the molecule is CC(C)C1CCC(C(=O)NC2(CC(=O)O)CCCC2)CC1. The molecule has 2 aliphatic carbocycles. The highest BCUT2D eigenvalue weighted by Crippen LogP contribution is 2.36. The second kappa shape index (κ2) is 6.80. The second-order valence-electron chi connectivity index (χ2n) is 7.40. The van der Waals surface area contributed by atoms with Crippen LogP contribution in [0.4, 0.5) is 0 Å². The number of carbonyl (C=O) groups is 2. The van der Waals surface area contributed by atoms with Gasteiger partial charge in [0.2, 0.25) is 5.91 Å². The zero-order valence-electron chi connectivity index (χ0n) is 13.4. The average Bonchev–Trinajstić information content (AvgIpc) is 2.86. The number of carboxylic acid groups (broad SMARTS) is 1. The lowest BCUT2D eigenvalue weighted by Gasteiger charge is -2.34. The van der Waals surface area contributed by atoms with Crippen molar-refractivity contribution in [2.24, 2.45) is 17.8 Å². The van der Waals surface area contributed by atoms with Gasteiger partial charge in [-0.15, -0.1) is 0 Å². The van der Waals surface area contributed by atoms with Crippen molar-refractivity contribution < 1.29 is 14.7 Å². The van der Waals surface area contributed by atoms with Crippen molar-refractivity contribution in [2.45, 2.75) is 77.2 Å². The van der Waals surface area contributed by atoms with Gasteiger partial charge in [-0.3, -0.25) is 9.59 Å². The third kappa shape index (κ3) is 4.21. The summed E-state index contributed by atoms with van der Waals surface area (Å²) in [6.45, 7) is 4.51. The maximum atomic E-state index is 12.5. The number of amides is 1. The van der Waals surface area contributed by atoms with Crippen molar-refractivity contribution in [2.75, 3.05) is 0 Å². The summed E-state index contributed by atoms with van der Waals surface area (Å²) in [6.07, 6.45) is 7.90. The van der Waals surface area contributed by atoms with Gasteiger partial charge in [-0.25, -0.2) is 0 Å². The molecule has 0 aromatic carbocycles. The highest BCUT2D eigenvalue weighted by Gasteiger charge is 2.39. The Kier molecular flexibility index (Phi) is 5.28. The first-order valence-corrected chi connectivity index (χ1v) is 8.46. The van der Waals surface area contributed by atoms with E-state index in [2.05, 4.69) is 19.2 Å². The van der Waals surface area contributed by atoms with Gasteiger partial charge in [0.25, 0.3) is 0 Å². The van der Waals surface area contributed by atoms with Gasteiger partial charge >= 0.3 is 5.97 Å². The molecule has 2 aliphatic rings. The number of carboxylic acids is 1. The smallest absolute Gasteiger partial charge is 0.305 e. The summed E-state index contributed by atoms with van der Waals surface area (Å²) in [7, 11) is 0. The van der Waals surface area contributed by atoms with Crippen molar-refractivity contribution in [1.82, 2.24) is 5.32 Å². The predicted octanol–water partition coefficient (Wildman–Crippen LogP) is 3.35. The molecular formula is C17H29NO3. The number of hydrogen-bond donors (Lipinski definition) is 2. The summed E-state index contributed by atoms with van der Waals surface area (Å²) in [4.78, 5) is 23.6. The Balaban J connectivity index is 1.90. The van der Waals surface area contributed by atoms with Crippen LogP contribution < -0.4 is 5.32 Å². The molecule has 1 amide bonds. The number of nitrogens with one attached hydrogen (secondary N) is 1. The minimum absolute atomic E-state index is 0.0695. The summed E-state index contributed by atoms with van der Waals surface area (Å²) >= 11 is 0. The number of aliphatic carboxylic acids is 1. The van der Waals surface area contributed by atoms with Gasteiger partial charge in [0.05, 0.1) is 12.0 Å². The van der Waals surface area contributed by atoms with E-state index >= 15 is 0 Å². The van der Waals surface area contributed by atoms with E-state index in [0.29, 0.717) is 5.92 Å². The fraction of sp³-hybridized carbons (Fsp3) is 0.882. The maximum absolute atomic E-state index is 12.5. The standard InChI is InChI=1S/C17H29NO3/c1-12(2)13-5-7-14(8-6-13)16(21)18-17(11-15(19)20)9-3-4-10-17/h12-14H,3-11H2,1-2H3,(H,18,21)(H,19,20). The van der Waals surface area contributed by atoms with E-state index in [9.17, 15) is 9.59 Å². The van der Waals surface area contributed by atoms with Crippen molar-refractivity contribution >= 4 is 11.9 Å². The summed E-state index contributed by atoms with van der Waals surface area (Å²) < 4.78 is 0. The van der Waals surface area contributed by atoms with Crippen LogP contribution in [-0.4, -0.2) is 22.5 Å². The third-order valence-electron chi connectivity index (χ3n) is 5.52. The average molecular weight is 295 g/mol. The fourth-order valence-corrected chi connectivity index (χ4v) is 4.10. The molecule has 2 rings (SSSR count). The fourth-order valence-electron chi connectivity index (χ4n) is 4.10. The minimum Gasteiger partial charge on any atom is -0.481 e. The van der Waals surface area contributed by atoms with Crippen LogP contribution in [0.25, 0.3) is 0 Å². The Labute approximate surface area is 127 Å². The molecule has 0 heterocycles. The highest BCUT2D eigenvalue weighted by molar-refractivity contribution is 5.80. The van der Waals surface area contributed by atoms with Crippen molar-refractivity contribution in [1.29, 1.82) is 0 Å². The zero-order chi connectivity index (χ0) is 15.5. The molecular weight excluding hydrogens is 266 g/mol. The van der Waals surface area contributed by atoms with Gasteiger partial charge in [0.15, 0.2) is 0 Å². The Bertz CT molecular complexity index is 377. The van der Waals surface area contributed by atoms with E-state index in [1.165, 1.54) is 0 Å². The summed E-state index contributed by atoms with van der Waals surface area (Å²) in [6, 6.07) is 0. The van der Waals surface area contributed by atoms with Crippen LogP contribution in [0.1, 0.15) is 71.6 Å².